The van der Waals surface area contributed by atoms with Gasteiger partial charge in [-0.1, -0.05) is 12.1 Å². The third-order valence-electron chi connectivity index (χ3n) is 5.57. The molecule has 0 bridgehead atoms. The highest BCUT2D eigenvalue weighted by molar-refractivity contribution is 5.90. The molecule has 1 amide bonds. The molecule has 3 rings (SSSR count). The molecule has 1 aliphatic heterocycles. The van der Waals surface area contributed by atoms with Crippen LogP contribution in [-0.4, -0.2) is 43.1 Å². The minimum atomic E-state index is -0.544. The molecule has 2 heterocycles. The zero-order valence-corrected chi connectivity index (χ0v) is 18.1. The van der Waals surface area contributed by atoms with Crippen molar-refractivity contribution in [1.29, 1.82) is 0 Å². The molecule has 1 atom stereocenters. The summed E-state index contributed by atoms with van der Waals surface area (Å²) < 4.78 is 5.12. The van der Waals surface area contributed by atoms with Crippen molar-refractivity contribution < 1.29 is 14.3 Å². The molecule has 1 aromatic heterocycles. The van der Waals surface area contributed by atoms with Crippen LogP contribution in [0.2, 0.25) is 0 Å². The van der Waals surface area contributed by atoms with Crippen molar-refractivity contribution in [1.82, 2.24) is 20.9 Å². The van der Waals surface area contributed by atoms with Crippen molar-refractivity contribution in [3.63, 3.8) is 0 Å². The van der Waals surface area contributed by atoms with Gasteiger partial charge < -0.3 is 20.7 Å². The monoisotopic (exact) mass is 424 g/mol. The van der Waals surface area contributed by atoms with E-state index in [9.17, 15) is 9.59 Å². The fraction of sp³-hybridized carbons (Fsp3) is 0.458. The van der Waals surface area contributed by atoms with Gasteiger partial charge in [-0.3, -0.25) is 9.78 Å². The number of nitrogens with zero attached hydrogens (tertiary/aromatic N) is 1. The van der Waals surface area contributed by atoms with Crippen LogP contribution in [-0.2, 0) is 16.1 Å². The average Bonchev–Trinajstić information content (AvgIpc) is 2.82. The van der Waals surface area contributed by atoms with Crippen LogP contribution in [0.3, 0.4) is 0 Å². The fourth-order valence-corrected chi connectivity index (χ4v) is 3.82. The molecular weight excluding hydrogens is 392 g/mol. The first-order chi connectivity index (χ1) is 15.2. The number of ether oxygens (including phenoxy) is 1. The number of benzene rings is 1. The lowest BCUT2D eigenvalue weighted by Crippen LogP contribution is -2.38. The second kappa shape index (κ2) is 12.2. The maximum Gasteiger partial charge on any atom is 0.338 e. The first-order valence-electron chi connectivity index (χ1n) is 11.0. The number of esters is 1. The van der Waals surface area contributed by atoms with Crippen LogP contribution in [0.5, 0.6) is 0 Å². The van der Waals surface area contributed by atoms with Gasteiger partial charge in [0.1, 0.15) is 6.04 Å². The first kappa shape index (κ1) is 22.9. The van der Waals surface area contributed by atoms with E-state index in [-0.39, 0.29) is 11.9 Å². The zero-order valence-electron chi connectivity index (χ0n) is 18.1. The molecule has 0 aliphatic carbocycles. The van der Waals surface area contributed by atoms with Crippen molar-refractivity contribution in [2.45, 2.75) is 38.8 Å². The predicted octanol–water partition coefficient (Wildman–Crippen LogP) is 2.60. The molecule has 0 spiro atoms. The van der Waals surface area contributed by atoms with E-state index in [0.29, 0.717) is 24.6 Å². The topological polar surface area (TPSA) is 92.4 Å². The summed E-state index contributed by atoms with van der Waals surface area (Å²) in [4.78, 5) is 29.3. The van der Waals surface area contributed by atoms with Crippen LogP contribution in [0.4, 0.5) is 0 Å². The number of carbonyl (C=O) groups excluding carboxylic acids is 2. The number of carbonyl (C=O) groups is 2. The van der Waals surface area contributed by atoms with Crippen LogP contribution < -0.4 is 16.0 Å². The summed E-state index contributed by atoms with van der Waals surface area (Å²) >= 11 is 0. The Bertz CT molecular complexity index is 838. The number of hydrogen-bond donors (Lipinski definition) is 3. The zero-order chi connectivity index (χ0) is 21.9. The van der Waals surface area contributed by atoms with Gasteiger partial charge in [-0.05, 0) is 87.1 Å². The van der Waals surface area contributed by atoms with Gasteiger partial charge >= 0.3 is 5.97 Å². The predicted molar refractivity (Wildman–Crippen MR) is 119 cm³/mol. The third-order valence-corrected chi connectivity index (χ3v) is 5.57. The summed E-state index contributed by atoms with van der Waals surface area (Å²) in [7, 11) is 0. The number of amides is 1. The highest BCUT2D eigenvalue weighted by Gasteiger charge is 2.22. The Morgan fingerprint density at radius 2 is 1.97 bits per heavy atom. The maximum absolute atomic E-state index is 13.1. The number of piperidine rings is 1. The average molecular weight is 425 g/mol. The molecule has 1 aliphatic rings. The van der Waals surface area contributed by atoms with Gasteiger partial charge in [-0.2, -0.15) is 0 Å². The molecule has 0 saturated carbocycles. The van der Waals surface area contributed by atoms with Crippen LogP contribution in [0, 0.1) is 5.92 Å². The summed E-state index contributed by atoms with van der Waals surface area (Å²) in [5.41, 5.74) is 2.19. The van der Waals surface area contributed by atoms with Gasteiger partial charge in [0, 0.05) is 18.9 Å². The number of pyridine rings is 1. The standard InChI is InChI=1S/C24H32N4O3/c1-2-31-24(30)21-5-3-4-20(16-21)22(27-15-10-18-6-11-25-12-7-18)23(29)28-17-19-8-13-26-14-9-19/h3-5,8-9,13-14,16,18,22,25,27H,2,6-7,10-12,15,17H2,1H3,(H,28,29). The Kier molecular flexibility index (Phi) is 8.99. The normalized spacial score (nSPS) is 15.3. The van der Waals surface area contributed by atoms with E-state index in [0.717, 1.165) is 37.2 Å². The first-order valence-corrected chi connectivity index (χ1v) is 11.0. The Hall–Kier alpha value is -2.77. The second-order valence-corrected chi connectivity index (χ2v) is 7.79. The van der Waals surface area contributed by atoms with Crippen LogP contribution in [0.1, 0.15) is 53.7 Å². The molecule has 0 radical (unpaired) electrons. The van der Waals surface area contributed by atoms with Gasteiger partial charge in [-0.15, -0.1) is 0 Å². The summed E-state index contributed by atoms with van der Waals surface area (Å²) in [5, 5.41) is 9.81. The highest BCUT2D eigenvalue weighted by atomic mass is 16.5. The minimum Gasteiger partial charge on any atom is -0.462 e. The van der Waals surface area contributed by atoms with Gasteiger partial charge in [0.15, 0.2) is 0 Å². The molecule has 1 saturated heterocycles. The molecule has 1 fully saturated rings. The van der Waals surface area contributed by atoms with Crippen LogP contribution in [0.15, 0.2) is 48.8 Å². The Balaban J connectivity index is 1.69. The lowest BCUT2D eigenvalue weighted by atomic mass is 9.94. The second-order valence-electron chi connectivity index (χ2n) is 7.79. The summed E-state index contributed by atoms with van der Waals surface area (Å²) in [6, 6.07) is 10.3. The van der Waals surface area contributed by atoms with E-state index in [2.05, 4.69) is 20.9 Å². The lowest BCUT2D eigenvalue weighted by molar-refractivity contribution is -0.123. The molecule has 7 nitrogen and oxygen atoms in total. The smallest absolute Gasteiger partial charge is 0.338 e. The van der Waals surface area contributed by atoms with Crippen molar-refractivity contribution in [3.05, 3.63) is 65.5 Å². The molecule has 31 heavy (non-hydrogen) atoms. The minimum absolute atomic E-state index is 0.122. The van der Waals surface area contributed by atoms with E-state index in [4.69, 9.17) is 4.74 Å². The largest absolute Gasteiger partial charge is 0.462 e. The molecule has 2 aromatic rings. The quantitative estimate of drug-likeness (QED) is 0.508. The molecule has 1 unspecified atom stereocenters. The van der Waals surface area contributed by atoms with Crippen molar-refractivity contribution >= 4 is 11.9 Å². The van der Waals surface area contributed by atoms with Crippen molar-refractivity contribution in [2.75, 3.05) is 26.2 Å². The lowest BCUT2D eigenvalue weighted by Gasteiger charge is -2.24. The number of rotatable bonds is 10. The number of hydrogen-bond acceptors (Lipinski definition) is 6. The Morgan fingerprint density at radius 3 is 2.71 bits per heavy atom. The highest BCUT2D eigenvalue weighted by Crippen LogP contribution is 2.19. The van der Waals surface area contributed by atoms with Crippen molar-refractivity contribution in [2.24, 2.45) is 5.92 Å². The van der Waals surface area contributed by atoms with Gasteiger partial charge in [0.25, 0.3) is 0 Å². The molecular formula is C24H32N4O3. The maximum atomic E-state index is 13.1. The number of nitrogens with one attached hydrogen (secondary N) is 3. The van der Waals surface area contributed by atoms with E-state index in [1.54, 1.807) is 37.5 Å². The number of aromatic nitrogens is 1. The molecule has 1 aromatic carbocycles. The van der Waals surface area contributed by atoms with E-state index < -0.39 is 6.04 Å². The van der Waals surface area contributed by atoms with E-state index >= 15 is 0 Å². The van der Waals surface area contributed by atoms with Gasteiger partial charge in [-0.25, -0.2) is 4.79 Å². The molecule has 7 heteroatoms. The van der Waals surface area contributed by atoms with E-state index in [1.807, 2.05) is 18.2 Å². The fourth-order valence-electron chi connectivity index (χ4n) is 3.82. The summed E-state index contributed by atoms with van der Waals surface area (Å²) in [5.74, 6) is 0.165. The summed E-state index contributed by atoms with van der Waals surface area (Å²) in [6.07, 6.45) is 6.77. The molecule has 166 valence electrons. The van der Waals surface area contributed by atoms with Crippen LogP contribution >= 0.6 is 0 Å². The molecule has 3 N–H and O–H groups in total. The third kappa shape index (κ3) is 7.15. The van der Waals surface area contributed by atoms with Crippen LogP contribution in [0.25, 0.3) is 0 Å². The van der Waals surface area contributed by atoms with Gasteiger partial charge in [0.2, 0.25) is 5.91 Å². The Morgan fingerprint density at radius 1 is 1.19 bits per heavy atom. The van der Waals surface area contributed by atoms with Gasteiger partial charge in [0.05, 0.1) is 12.2 Å². The van der Waals surface area contributed by atoms with Crippen molar-refractivity contribution in [3.8, 4) is 0 Å². The van der Waals surface area contributed by atoms with E-state index in [1.165, 1.54) is 12.8 Å². The SMILES string of the molecule is CCOC(=O)c1cccc(C(NCCC2CCNCC2)C(=O)NCc2ccncc2)c1. The summed E-state index contributed by atoms with van der Waals surface area (Å²) in [6.45, 7) is 5.37. The Labute approximate surface area is 184 Å².